The first-order valence-corrected chi connectivity index (χ1v) is 7.21. The molecule has 0 aliphatic heterocycles. The van der Waals surface area contributed by atoms with Gasteiger partial charge in [-0.3, -0.25) is 4.79 Å². The van der Waals surface area contributed by atoms with Crippen LogP contribution in [0, 0.1) is 12.7 Å². The molecule has 112 valence electrons. The maximum atomic E-state index is 13.6. The summed E-state index contributed by atoms with van der Waals surface area (Å²) in [7, 11) is 0. The van der Waals surface area contributed by atoms with E-state index in [4.69, 9.17) is 0 Å². The van der Waals surface area contributed by atoms with Crippen molar-refractivity contribution in [3.63, 3.8) is 0 Å². The number of hydrogen-bond acceptors (Lipinski definition) is 1. The predicted octanol–water partition coefficient (Wildman–Crippen LogP) is 3.47. The van der Waals surface area contributed by atoms with E-state index in [9.17, 15) is 9.18 Å². The maximum Gasteiger partial charge on any atom is 0.224 e. The van der Waals surface area contributed by atoms with Gasteiger partial charge in [0, 0.05) is 23.1 Å². The first kappa shape index (κ1) is 14.3. The Morgan fingerprint density at radius 1 is 1.14 bits per heavy atom. The zero-order chi connectivity index (χ0) is 15.5. The lowest BCUT2D eigenvalue weighted by Crippen LogP contribution is -2.25. The highest BCUT2D eigenvalue weighted by Gasteiger charge is 2.11. The number of aromatic nitrogens is 1. The van der Waals surface area contributed by atoms with E-state index in [1.165, 1.54) is 6.07 Å². The van der Waals surface area contributed by atoms with Gasteiger partial charge in [-0.15, -0.1) is 0 Å². The van der Waals surface area contributed by atoms with E-state index in [-0.39, 0.29) is 18.1 Å². The van der Waals surface area contributed by atoms with Gasteiger partial charge in [0.1, 0.15) is 5.82 Å². The van der Waals surface area contributed by atoms with Crippen molar-refractivity contribution < 1.29 is 9.18 Å². The number of carbonyl (C=O) groups excluding carboxylic acids is 1. The van der Waals surface area contributed by atoms with Crippen LogP contribution in [0.15, 0.2) is 48.5 Å². The molecule has 0 saturated carbocycles. The molecule has 0 aliphatic carbocycles. The van der Waals surface area contributed by atoms with E-state index in [2.05, 4.69) is 10.3 Å². The fraction of sp³-hybridized carbons (Fsp3) is 0.167. The van der Waals surface area contributed by atoms with E-state index >= 15 is 0 Å². The van der Waals surface area contributed by atoms with Crippen LogP contribution in [-0.2, 0) is 17.8 Å². The van der Waals surface area contributed by atoms with Gasteiger partial charge in [0.2, 0.25) is 5.91 Å². The molecular formula is C18H17FN2O. The third kappa shape index (κ3) is 2.86. The van der Waals surface area contributed by atoms with Crippen molar-refractivity contribution >= 4 is 16.8 Å². The zero-order valence-electron chi connectivity index (χ0n) is 12.3. The second kappa shape index (κ2) is 6.02. The Labute approximate surface area is 128 Å². The third-order valence-electron chi connectivity index (χ3n) is 3.80. The minimum absolute atomic E-state index is 0.0497. The van der Waals surface area contributed by atoms with Crippen LogP contribution >= 0.6 is 0 Å². The molecular weight excluding hydrogens is 279 g/mol. The second-order valence-electron chi connectivity index (χ2n) is 5.32. The second-order valence-corrected chi connectivity index (χ2v) is 5.32. The van der Waals surface area contributed by atoms with Gasteiger partial charge >= 0.3 is 0 Å². The van der Waals surface area contributed by atoms with E-state index in [1.54, 1.807) is 18.2 Å². The highest BCUT2D eigenvalue weighted by molar-refractivity contribution is 5.85. The SMILES string of the molecule is Cc1[nH]c2ccccc2c1CNC(=O)Cc1ccccc1F. The number of hydrogen-bond donors (Lipinski definition) is 2. The summed E-state index contributed by atoms with van der Waals surface area (Å²) in [6.07, 6.45) is 0.0497. The van der Waals surface area contributed by atoms with Crippen molar-refractivity contribution in [2.45, 2.75) is 19.9 Å². The number of halogens is 1. The molecule has 2 N–H and O–H groups in total. The van der Waals surface area contributed by atoms with Crippen molar-refractivity contribution in [3.8, 4) is 0 Å². The molecule has 0 aliphatic rings. The average Bonchev–Trinajstić information content (AvgIpc) is 2.83. The molecule has 1 aromatic heterocycles. The number of H-pyrrole nitrogens is 1. The molecule has 0 fully saturated rings. The molecule has 3 aromatic rings. The van der Waals surface area contributed by atoms with Gasteiger partial charge in [-0.25, -0.2) is 4.39 Å². The predicted molar refractivity (Wildman–Crippen MR) is 85.0 cm³/mol. The summed E-state index contributed by atoms with van der Waals surface area (Å²) in [5.74, 6) is -0.532. The van der Waals surface area contributed by atoms with E-state index in [1.807, 2.05) is 31.2 Å². The van der Waals surface area contributed by atoms with Gasteiger partial charge in [-0.1, -0.05) is 36.4 Å². The van der Waals surface area contributed by atoms with Crippen LogP contribution in [0.25, 0.3) is 10.9 Å². The molecule has 4 heteroatoms. The van der Waals surface area contributed by atoms with Crippen molar-refractivity contribution in [1.82, 2.24) is 10.3 Å². The van der Waals surface area contributed by atoms with Gasteiger partial charge in [0.25, 0.3) is 0 Å². The highest BCUT2D eigenvalue weighted by Crippen LogP contribution is 2.21. The summed E-state index contributed by atoms with van der Waals surface area (Å²) >= 11 is 0. The van der Waals surface area contributed by atoms with Gasteiger partial charge < -0.3 is 10.3 Å². The summed E-state index contributed by atoms with van der Waals surface area (Å²) in [6, 6.07) is 14.3. The quantitative estimate of drug-likeness (QED) is 0.760. The van der Waals surface area contributed by atoms with E-state index in [0.717, 1.165) is 22.2 Å². The summed E-state index contributed by atoms with van der Waals surface area (Å²) in [6.45, 7) is 2.42. The van der Waals surface area contributed by atoms with Crippen LogP contribution < -0.4 is 5.32 Å². The van der Waals surface area contributed by atoms with Crippen LogP contribution in [0.4, 0.5) is 4.39 Å². The fourth-order valence-corrected chi connectivity index (χ4v) is 2.63. The lowest BCUT2D eigenvalue weighted by atomic mass is 10.1. The molecule has 0 atom stereocenters. The van der Waals surface area contributed by atoms with Crippen LogP contribution in [0.3, 0.4) is 0 Å². The largest absolute Gasteiger partial charge is 0.358 e. The fourth-order valence-electron chi connectivity index (χ4n) is 2.63. The highest BCUT2D eigenvalue weighted by atomic mass is 19.1. The lowest BCUT2D eigenvalue weighted by molar-refractivity contribution is -0.120. The van der Waals surface area contributed by atoms with Gasteiger partial charge in [-0.05, 0) is 30.2 Å². The number of nitrogens with one attached hydrogen (secondary N) is 2. The third-order valence-corrected chi connectivity index (χ3v) is 3.80. The normalized spacial score (nSPS) is 10.8. The Kier molecular flexibility index (Phi) is 3.92. The molecule has 3 rings (SSSR count). The molecule has 3 nitrogen and oxygen atoms in total. The standard InChI is InChI=1S/C18H17FN2O/c1-12-15(14-7-3-5-9-17(14)21-12)11-20-18(22)10-13-6-2-4-8-16(13)19/h2-9,21H,10-11H2,1H3,(H,20,22). The molecule has 0 bridgehead atoms. The van der Waals surface area contributed by atoms with Gasteiger partial charge in [0.05, 0.1) is 6.42 Å². The van der Waals surface area contributed by atoms with Crippen LogP contribution in [-0.4, -0.2) is 10.9 Å². The Bertz CT molecular complexity index is 823. The van der Waals surface area contributed by atoms with Crippen LogP contribution in [0.2, 0.25) is 0 Å². The summed E-state index contributed by atoms with van der Waals surface area (Å²) in [5.41, 5.74) is 3.57. The summed E-state index contributed by atoms with van der Waals surface area (Å²) in [5, 5.41) is 3.97. The Morgan fingerprint density at radius 3 is 2.68 bits per heavy atom. The van der Waals surface area contributed by atoms with E-state index < -0.39 is 0 Å². The van der Waals surface area contributed by atoms with Crippen molar-refractivity contribution in [2.75, 3.05) is 0 Å². The minimum atomic E-state index is -0.346. The lowest BCUT2D eigenvalue weighted by Gasteiger charge is -2.06. The molecule has 1 amide bonds. The number of amides is 1. The first-order chi connectivity index (χ1) is 10.6. The molecule has 0 spiro atoms. The van der Waals surface area contributed by atoms with Crippen molar-refractivity contribution in [3.05, 3.63) is 71.2 Å². The maximum absolute atomic E-state index is 13.6. The molecule has 0 saturated heterocycles. The van der Waals surface area contributed by atoms with Crippen LogP contribution in [0.5, 0.6) is 0 Å². The number of fused-ring (bicyclic) bond motifs is 1. The smallest absolute Gasteiger partial charge is 0.224 e. The topological polar surface area (TPSA) is 44.9 Å². The van der Waals surface area contributed by atoms with Crippen molar-refractivity contribution in [1.29, 1.82) is 0 Å². The molecule has 0 unspecified atom stereocenters. The molecule has 22 heavy (non-hydrogen) atoms. The molecule has 1 heterocycles. The number of carbonyl (C=O) groups is 1. The van der Waals surface area contributed by atoms with Crippen molar-refractivity contribution in [2.24, 2.45) is 0 Å². The monoisotopic (exact) mass is 296 g/mol. The zero-order valence-corrected chi connectivity index (χ0v) is 12.3. The number of rotatable bonds is 4. The van der Waals surface area contributed by atoms with Gasteiger partial charge in [-0.2, -0.15) is 0 Å². The average molecular weight is 296 g/mol. The molecule has 2 aromatic carbocycles. The summed E-state index contributed by atoms with van der Waals surface area (Å²) in [4.78, 5) is 15.3. The Hall–Kier alpha value is -2.62. The summed E-state index contributed by atoms with van der Waals surface area (Å²) < 4.78 is 13.6. The minimum Gasteiger partial charge on any atom is -0.358 e. The van der Waals surface area contributed by atoms with E-state index in [0.29, 0.717) is 12.1 Å². The molecule has 0 radical (unpaired) electrons. The number of aromatic amines is 1. The number of benzene rings is 2. The first-order valence-electron chi connectivity index (χ1n) is 7.21. The van der Waals surface area contributed by atoms with Crippen LogP contribution in [0.1, 0.15) is 16.8 Å². The number of aryl methyl sites for hydroxylation is 1. The Morgan fingerprint density at radius 2 is 1.86 bits per heavy atom. The Balaban J connectivity index is 1.70. The number of para-hydroxylation sites is 1. The van der Waals surface area contributed by atoms with Gasteiger partial charge in [0.15, 0.2) is 0 Å².